The Balaban J connectivity index is 2.34. The van der Waals surface area contributed by atoms with E-state index < -0.39 is 0 Å². The van der Waals surface area contributed by atoms with Crippen molar-refractivity contribution in [2.45, 2.75) is 25.3 Å². The number of carbonyl (C=O) groups is 1. The minimum Gasteiger partial charge on any atom is -0.354 e. The smallest absolute Gasteiger partial charge is 0.226 e. The summed E-state index contributed by atoms with van der Waals surface area (Å²) in [5.74, 6) is 0.407. The Labute approximate surface area is 111 Å². The van der Waals surface area contributed by atoms with Gasteiger partial charge >= 0.3 is 0 Å². The Morgan fingerprint density at radius 3 is 2.88 bits per heavy atom. The number of hydrogen-bond donors (Lipinski definition) is 1. The lowest BCUT2D eigenvalue weighted by Gasteiger charge is -2.19. The molecule has 1 heterocycles. The summed E-state index contributed by atoms with van der Waals surface area (Å²) in [6.07, 6.45) is 0.335. The molecule has 4 nitrogen and oxygen atoms in total. The number of likely N-dealkylation sites (N-methyl/N-ethyl adjacent to an activating group) is 1. The van der Waals surface area contributed by atoms with Gasteiger partial charge in [0.25, 0.3) is 0 Å². The molecule has 0 aromatic carbocycles. The summed E-state index contributed by atoms with van der Waals surface area (Å²) in [5.41, 5.74) is 0.834. The number of aromatic nitrogens is 1. The molecule has 0 spiro atoms. The molecule has 96 valence electrons. The number of rotatable bonds is 6. The van der Waals surface area contributed by atoms with Crippen molar-refractivity contribution in [2.75, 3.05) is 20.6 Å². The van der Waals surface area contributed by atoms with E-state index in [0.29, 0.717) is 24.9 Å². The molecule has 1 amide bonds. The molecule has 1 rings (SSSR count). The first-order valence-corrected chi connectivity index (χ1v) is 6.86. The van der Waals surface area contributed by atoms with Crippen LogP contribution in [0.2, 0.25) is 0 Å². The molecule has 0 saturated carbocycles. The minimum atomic E-state index is 0.00849. The number of nitrogens with zero attached hydrogens (tertiary/aromatic N) is 2. The van der Waals surface area contributed by atoms with Crippen molar-refractivity contribution in [3.8, 4) is 0 Å². The Hall–Kier alpha value is -0.650. The summed E-state index contributed by atoms with van der Waals surface area (Å²) >= 11 is 7.13. The Kier molecular flexibility index (Phi) is 5.88. The lowest BCUT2D eigenvalue weighted by atomic mass is 10.3. The van der Waals surface area contributed by atoms with Crippen LogP contribution in [0.5, 0.6) is 0 Å². The van der Waals surface area contributed by atoms with Crippen LogP contribution in [-0.4, -0.2) is 42.5 Å². The molecule has 1 aromatic rings. The molecule has 17 heavy (non-hydrogen) atoms. The molecule has 1 aromatic heterocycles. The molecule has 0 radical (unpaired) electrons. The van der Waals surface area contributed by atoms with Gasteiger partial charge < -0.3 is 10.2 Å². The average Bonchev–Trinajstić information content (AvgIpc) is 2.73. The van der Waals surface area contributed by atoms with Crippen molar-refractivity contribution in [3.05, 3.63) is 16.1 Å². The van der Waals surface area contributed by atoms with Gasteiger partial charge in [0.2, 0.25) is 5.91 Å². The third kappa shape index (κ3) is 5.02. The van der Waals surface area contributed by atoms with E-state index in [4.69, 9.17) is 11.6 Å². The van der Waals surface area contributed by atoms with Gasteiger partial charge in [-0.1, -0.05) is 0 Å². The Morgan fingerprint density at radius 2 is 2.35 bits per heavy atom. The zero-order valence-electron chi connectivity index (χ0n) is 10.4. The zero-order chi connectivity index (χ0) is 12.8. The lowest BCUT2D eigenvalue weighted by Crippen LogP contribution is -2.38. The predicted molar refractivity (Wildman–Crippen MR) is 71.5 cm³/mol. The van der Waals surface area contributed by atoms with E-state index in [2.05, 4.69) is 22.1 Å². The fourth-order valence-electron chi connectivity index (χ4n) is 1.14. The minimum absolute atomic E-state index is 0.00849. The Bertz CT molecular complexity index is 367. The number of thiazole rings is 1. The number of hydrogen-bond acceptors (Lipinski definition) is 4. The molecule has 0 aliphatic carbocycles. The largest absolute Gasteiger partial charge is 0.354 e. The standard InChI is InChI=1S/C11H18ClN3OS/c1-8(15(2)3)6-13-10(16)4-11-14-9(5-12)7-17-11/h7-8H,4-6H2,1-3H3,(H,13,16). The van der Waals surface area contributed by atoms with Crippen molar-refractivity contribution in [1.82, 2.24) is 15.2 Å². The van der Waals surface area contributed by atoms with Crippen LogP contribution < -0.4 is 5.32 Å². The van der Waals surface area contributed by atoms with Crippen molar-refractivity contribution in [1.29, 1.82) is 0 Å². The summed E-state index contributed by atoms with van der Waals surface area (Å²) < 4.78 is 0. The number of amides is 1. The van der Waals surface area contributed by atoms with Crippen molar-refractivity contribution < 1.29 is 4.79 Å². The zero-order valence-corrected chi connectivity index (χ0v) is 11.9. The summed E-state index contributed by atoms with van der Waals surface area (Å²) in [5, 5.41) is 5.59. The maximum Gasteiger partial charge on any atom is 0.226 e. The van der Waals surface area contributed by atoms with Gasteiger partial charge in [0.1, 0.15) is 5.01 Å². The highest BCUT2D eigenvalue weighted by molar-refractivity contribution is 7.09. The fourth-order valence-corrected chi connectivity index (χ4v) is 2.16. The van der Waals surface area contributed by atoms with E-state index >= 15 is 0 Å². The molecule has 0 aliphatic rings. The lowest BCUT2D eigenvalue weighted by molar-refractivity contribution is -0.120. The van der Waals surface area contributed by atoms with Crippen LogP contribution in [0.1, 0.15) is 17.6 Å². The molecular formula is C11H18ClN3OS. The quantitative estimate of drug-likeness (QED) is 0.800. The van der Waals surface area contributed by atoms with Crippen LogP contribution in [0.4, 0.5) is 0 Å². The van der Waals surface area contributed by atoms with Crippen LogP contribution in [-0.2, 0) is 17.1 Å². The maximum absolute atomic E-state index is 11.6. The van der Waals surface area contributed by atoms with Gasteiger partial charge in [0.05, 0.1) is 18.0 Å². The summed E-state index contributed by atoms with van der Waals surface area (Å²) in [6, 6.07) is 0.327. The molecular weight excluding hydrogens is 258 g/mol. The van der Waals surface area contributed by atoms with E-state index in [1.807, 2.05) is 19.5 Å². The van der Waals surface area contributed by atoms with Crippen LogP contribution in [0.15, 0.2) is 5.38 Å². The van der Waals surface area contributed by atoms with Crippen molar-refractivity contribution >= 4 is 28.8 Å². The van der Waals surface area contributed by atoms with Gasteiger partial charge in [0.15, 0.2) is 0 Å². The average molecular weight is 276 g/mol. The topological polar surface area (TPSA) is 45.2 Å². The third-order valence-electron chi connectivity index (χ3n) is 2.52. The molecule has 0 fully saturated rings. The SMILES string of the molecule is CC(CNC(=O)Cc1nc(CCl)cs1)N(C)C. The van der Waals surface area contributed by atoms with E-state index in [1.54, 1.807) is 0 Å². The van der Waals surface area contributed by atoms with Crippen LogP contribution in [0.3, 0.4) is 0 Å². The van der Waals surface area contributed by atoms with Crippen LogP contribution >= 0.6 is 22.9 Å². The van der Waals surface area contributed by atoms with Crippen LogP contribution in [0.25, 0.3) is 0 Å². The van der Waals surface area contributed by atoms with E-state index in [0.717, 1.165) is 10.7 Å². The first-order chi connectivity index (χ1) is 8.02. The van der Waals surface area contributed by atoms with Gasteiger partial charge in [0, 0.05) is 18.0 Å². The normalized spacial score (nSPS) is 12.8. The summed E-state index contributed by atoms with van der Waals surface area (Å²) in [4.78, 5) is 18.0. The van der Waals surface area contributed by atoms with Crippen LogP contribution in [0, 0.1) is 0 Å². The first-order valence-electron chi connectivity index (χ1n) is 5.45. The first kappa shape index (κ1) is 14.4. The number of nitrogens with one attached hydrogen (secondary N) is 1. The van der Waals surface area contributed by atoms with E-state index in [-0.39, 0.29) is 5.91 Å². The molecule has 6 heteroatoms. The highest BCUT2D eigenvalue weighted by Gasteiger charge is 2.10. The monoisotopic (exact) mass is 275 g/mol. The van der Waals surface area contributed by atoms with Gasteiger partial charge in [-0.15, -0.1) is 22.9 Å². The number of halogens is 1. The number of alkyl halides is 1. The van der Waals surface area contributed by atoms with E-state index in [9.17, 15) is 4.79 Å². The maximum atomic E-state index is 11.6. The molecule has 0 saturated heterocycles. The highest BCUT2D eigenvalue weighted by atomic mass is 35.5. The summed E-state index contributed by atoms with van der Waals surface area (Å²) in [7, 11) is 3.98. The van der Waals surface area contributed by atoms with Crippen molar-refractivity contribution in [2.24, 2.45) is 0 Å². The molecule has 1 unspecified atom stereocenters. The fraction of sp³-hybridized carbons (Fsp3) is 0.636. The summed E-state index contributed by atoms with van der Waals surface area (Å²) in [6.45, 7) is 2.72. The van der Waals surface area contributed by atoms with E-state index in [1.165, 1.54) is 11.3 Å². The Morgan fingerprint density at radius 1 is 1.65 bits per heavy atom. The van der Waals surface area contributed by atoms with Gasteiger partial charge in [-0.2, -0.15) is 0 Å². The van der Waals surface area contributed by atoms with Gasteiger partial charge in [-0.3, -0.25) is 4.79 Å². The van der Waals surface area contributed by atoms with Gasteiger partial charge in [-0.05, 0) is 21.0 Å². The highest BCUT2D eigenvalue weighted by Crippen LogP contribution is 2.11. The predicted octanol–water partition coefficient (Wildman–Crippen LogP) is 1.49. The molecule has 0 bridgehead atoms. The number of carbonyl (C=O) groups excluding carboxylic acids is 1. The van der Waals surface area contributed by atoms with Crippen molar-refractivity contribution in [3.63, 3.8) is 0 Å². The molecule has 1 N–H and O–H groups in total. The molecule has 1 atom stereocenters. The second-order valence-corrected chi connectivity index (χ2v) is 5.37. The van der Waals surface area contributed by atoms with Gasteiger partial charge in [-0.25, -0.2) is 4.98 Å². The second-order valence-electron chi connectivity index (χ2n) is 4.16. The second kappa shape index (κ2) is 6.93. The molecule has 0 aliphatic heterocycles. The third-order valence-corrected chi connectivity index (χ3v) is 3.70.